The minimum absolute atomic E-state index is 0.108. The standard InChI is InChI=1S/C24H31BrN6O3/c1-24(2,3)34-23(33)30(14-16-7-6-10-26-12-16)21-11-20(29-22-18(25)13-27-31(21)22)28-19-9-5-4-8-17(19)15-32/h6-7,10-13,17,19,32H,4-5,8-9,14-15H2,1-3H3,(H,28,29)/t17-,19-/m1/s1. The van der Waals surface area contributed by atoms with Crippen LogP contribution in [0.5, 0.6) is 0 Å². The van der Waals surface area contributed by atoms with Crippen molar-refractivity contribution < 1.29 is 14.6 Å². The summed E-state index contributed by atoms with van der Waals surface area (Å²) in [6, 6.07) is 5.67. The number of aromatic nitrogens is 4. The van der Waals surface area contributed by atoms with Crippen LogP contribution in [0.4, 0.5) is 16.4 Å². The molecule has 1 saturated carbocycles. The first-order valence-electron chi connectivity index (χ1n) is 11.6. The molecule has 0 bridgehead atoms. The van der Waals surface area contributed by atoms with E-state index in [1.807, 2.05) is 39.0 Å². The SMILES string of the molecule is CC(C)(C)OC(=O)N(Cc1cccnc1)c1cc(N[C@@H]2CCCC[C@@H]2CO)nc2c(Br)cnn12. The van der Waals surface area contributed by atoms with Crippen LogP contribution in [0.1, 0.15) is 52.0 Å². The largest absolute Gasteiger partial charge is 0.443 e. The molecule has 2 atom stereocenters. The normalized spacial score (nSPS) is 18.6. The van der Waals surface area contributed by atoms with Gasteiger partial charge in [0.1, 0.15) is 17.2 Å². The molecule has 182 valence electrons. The predicted molar refractivity (Wildman–Crippen MR) is 134 cm³/mol. The van der Waals surface area contributed by atoms with Crippen LogP contribution >= 0.6 is 15.9 Å². The second-order valence-electron chi connectivity index (χ2n) is 9.63. The van der Waals surface area contributed by atoms with Crippen molar-refractivity contribution in [3.8, 4) is 0 Å². The third-order valence-corrected chi connectivity index (χ3v) is 6.40. The molecule has 0 unspecified atom stereocenters. The van der Waals surface area contributed by atoms with Crippen molar-refractivity contribution in [2.75, 3.05) is 16.8 Å². The number of aliphatic hydroxyl groups is 1. The van der Waals surface area contributed by atoms with E-state index in [1.54, 1.807) is 28.0 Å². The number of anilines is 2. The van der Waals surface area contributed by atoms with Gasteiger partial charge >= 0.3 is 6.09 Å². The fraction of sp³-hybridized carbons (Fsp3) is 0.500. The number of aliphatic hydroxyl groups excluding tert-OH is 1. The van der Waals surface area contributed by atoms with Crippen LogP contribution in [-0.2, 0) is 11.3 Å². The molecule has 3 aromatic rings. The highest BCUT2D eigenvalue weighted by Gasteiger charge is 2.29. The summed E-state index contributed by atoms with van der Waals surface area (Å²) in [7, 11) is 0. The van der Waals surface area contributed by atoms with Crippen molar-refractivity contribution in [1.82, 2.24) is 19.6 Å². The zero-order valence-electron chi connectivity index (χ0n) is 19.7. The summed E-state index contributed by atoms with van der Waals surface area (Å²) in [6.45, 7) is 5.90. The zero-order valence-corrected chi connectivity index (χ0v) is 21.3. The Morgan fingerprint density at radius 1 is 1.32 bits per heavy atom. The van der Waals surface area contributed by atoms with Gasteiger partial charge in [0, 0.05) is 37.0 Å². The van der Waals surface area contributed by atoms with Crippen molar-refractivity contribution in [3.63, 3.8) is 0 Å². The molecule has 1 amide bonds. The van der Waals surface area contributed by atoms with E-state index in [-0.39, 0.29) is 25.1 Å². The van der Waals surface area contributed by atoms with Gasteiger partial charge in [-0.25, -0.2) is 9.78 Å². The van der Waals surface area contributed by atoms with Crippen LogP contribution in [0, 0.1) is 5.92 Å². The fourth-order valence-electron chi connectivity index (χ4n) is 4.22. The monoisotopic (exact) mass is 530 g/mol. The molecule has 0 spiro atoms. The number of ether oxygens (including phenoxy) is 1. The minimum Gasteiger partial charge on any atom is -0.443 e. The van der Waals surface area contributed by atoms with Gasteiger partial charge in [0.15, 0.2) is 5.65 Å². The highest BCUT2D eigenvalue weighted by Crippen LogP contribution is 2.31. The van der Waals surface area contributed by atoms with Crippen molar-refractivity contribution in [2.45, 2.75) is 64.6 Å². The lowest BCUT2D eigenvalue weighted by molar-refractivity contribution is 0.0575. The van der Waals surface area contributed by atoms with Crippen LogP contribution < -0.4 is 10.2 Å². The van der Waals surface area contributed by atoms with E-state index in [1.165, 1.54) is 0 Å². The molecular formula is C24H31BrN6O3. The van der Waals surface area contributed by atoms with E-state index in [0.29, 0.717) is 21.8 Å². The number of amides is 1. The van der Waals surface area contributed by atoms with Gasteiger partial charge in [0.2, 0.25) is 0 Å². The average Bonchev–Trinajstić information content (AvgIpc) is 3.17. The lowest BCUT2D eigenvalue weighted by Crippen LogP contribution is -2.38. The molecule has 0 saturated heterocycles. The summed E-state index contributed by atoms with van der Waals surface area (Å²) in [4.78, 5) is 23.9. The zero-order chi connectivity index (χ0) is 24.3. The number of rotatable bonds is 6. The Balaban J connectivity index is 1.76. The summed E-state index contributed by atoms with van der Waals surface area (Å²) in [5.74, 6) is 1.31. The van der Waals surface area contributed by atoms with Gasteiger partial charge in [-0.05, 0) is 61.2 Å². The average molecular weight is 531 g/mol. The summed E-state index contributed by atoms with van der Waals surface area (Å²) < 4.78 is 8.08. The molecule has 2 N–H and O–H groups in total. The van der Waals surface area contributed by atoms with Crippen molar-refractivity contribution in [2.24, 2.45) is 5.92 Å². The number of hydrogen-bond acceptors (Lipinski definition) is 7. The molecule has 9 nitrogen and oxygen atoms in total. The van der Waals surface area contributed by atoms with Gasteiger partial charge < -0.3 is 15.2 Å². The Kier molecular flexibility index (Phi) is 7.37. The topological polar surface area (TPSA) is 105 Å². The Labute approximate surface area is 207 Å². The van der Waals surface area contributed by atoms with E-state index in [0.717, 1.165) is 31.2 Å². The Morgan fingerprint density at radius 3 is 2.82 bits per heavy atom. The molecule has 1 fully saturated rings. The van der Waals surface area contributed by atoms with Crippen LogP contribution in [0.25, 0.3) is 5.65 Å². The first-order valence-corrected chi connectivity index (χ1v) is 12.4. The van der Waals surface area contributed by atoms with E-state index < -0.39 is 11.7 Å². The second kappa shape index (κ2) is 10.3. The first kappa shape index (κ1) is 24.4. The highest BCUT2D eigenvalue weighted by molar-refractivity contribution is 9.10. The molecule has 4 rings (SSSR count). The number of nitrogens with one attached hydrogen (secondary N) is 1. The van der Waals surface area contributed by atoms with E-state index >= 15 is 0 Å². The molecule has 0 radical (unpaired) electrons. The summed E-state index contributed by atoms with van der Waals surface area (Å²) in [5.41, 5.74) is 0.765. The van der Waals surface area contributed by atoms with Crippen LogP contribution in [-0.4, -0.2) is 49.0 Å². The molecule has 3 heterocycles. The number of nitrogens with zero attached hydrogens (tertiary/aromatic N) is 5. The fourth-order valence-corrected chi connectivity index (χ4v) is 4.57. The van der Waals surface area contributed by atoms with Crippen LogP contribution in [0.3, 0.4) is 0 Å². The second-order valence-corrected chi connectivity index (χ2v) is 10.5. The first-order chi connectivity index (χ1) is 16.2. The third-order valence-electron chi connectivity index (χ3n) is 5.84. The number of hydrogen-bond donors (Lipinski definition) is 2. The highest BCUT2D eigenvalue weighted by atomic mass is 79.9. The number of pyridine rings is 1. The summed E-state index contributed by atoms with van der Waals surface area (Å²) in [5, 5.41) is 17.8. The van der Waals surface area contributed by atoms with Gasteiger partial charge in [-0.2, -0.15) is 9.61 Å². The maximum Gasteiger partial charge on any atom is 0.416 e. The van der Waals surface area contributed by atoms with Crippen LogP contribution in [0.15, 0.2) is 41.3 Å². The van der Waals surface area contributed by atoms with Crippen molar-refractivity contribution >= 4 is 39.3 Å². The molecular weight excluding hydrogens is 500 g/mol. The van der Waals surface area contributed by atoms with Gasteiger partial charge in [-0.15, -0.1) is 0 Å². The molecule has 3 aromatic heterocycles. The number of halogens is 1. The molecule has 10 heteroatoms. The molecule has 0 aromatic carbocycles. The molecule has 1 aliphatic rings. The third kappa shape index (κ3) is 5.67. The summed E-state index contributed by atoms with van der Waals surface area (Å²) in [6.07, 6.45) is 8.74. The maximum absolute atomic E-state index is 13.4. The number of fused-ring (bicyclic) bond motifs is 1. The molecule has 1 aliphatic carbocycles. The molecule has 34 heavy (non-hydrogen) atoms. The molecule has 0 aliphatic heterocycles. The van der Waals surface area contributed by atoms with E-state index in [2.05, 4.69) is 31.3 Å². The van der Waals surface area contributed by atoms with E-state index in [4.69, 9.17) is 9.72 Å². The van der Waals surface area contributed by atoms with Crippen LogP contribution in [0.2, 0.25) is 0 Å². The quantitative estimate of drug-likeness (QED) is 0.471. The number of carbonyl (C=O) groups is 1. The predicted octanol–water partition coefficient (Wildman–Crippen LogP) is 4.79. The maximum atomic E-state index is 13.4. The van der Waals surface area contributed by atoms with Crippen molar-refractivity contribution in [1.29, 1.82) is 0 Å². The number of carbonyl (C=O) groups excluding carboxylic acids is 1. The Bertz CT molecular complexity index is 1130. The van der Waals surface area contributed by atoms with Gasteiger partial charge in [0.05, 0.1) is 17.2 Å². The smallest absolute Gasteiger partial charge is 0.416 e. The minimum atomic E-state index is -0.668. The van der Waals surface area contributed by atoms with E-state index in [9.17, 15) is 9.90 Å². The lowest BCUT2D eigenvalue weighted by atomic mass is 9.85. The van der Waals surface area contributed by atoms with Gasteiger partial charge in [0.25, 0.3) is 0 Å². The van der Waals surface area contributed by atoms with Gasteiger partial charge in [-0.3, -0.25) is 9.88 Å². The Hall–Kier alpha value is -2.72. The van der Waals surface area contributed by atoms with Gasteiger partial charge in [-0.1, -0.05) is 18.9 Å². The lowest BCUT2D eigenvalue weighted by Gasteiger charge is -2.32. The summed E-state index contributed by atoms with van der Waals surface area (Å²) >= 11 is 3.53. The Morgan fingerprint density at radius 2 is 2.12 bits per heavy atom. The van der Waals surface area contributed by atoms with Crippen molar-refractivity contribution in [3.05, 3.63) is 46.8 Å².